The second kappa shape index (κ2) is 8.85. The molecule has 1 atom stereocenters. The molecule has 0 aromatic heterocycles. The number of nitrogens with one attached hydrogen (secondary N) is 1. The third-order valence-electron chi connectivity index (χ3n) is 4.12. The minimum atomic E-state index is -3.57. The molecule has 1 N–H and O–H groups in total. The fourth-order valence-corrected chi connectivity index (χ4v) is 4.08. The van der Waals surface area contributed by atoms with Gasteiger partial charge in [-0.3, -0.25) is 9.10 Å². The van der Waals surface area contributed by atoms with E-state index in [1.807, 2.05) is 6.07 Å². The first-order valence-corrected chi connectivity index (χ1v) is 10.5. The fourth-order valence-electron chi connectivity index (χ4n) is 2.90. The van der Waals surface area contributed by atoms with Crippen molar-refractivity contribution in [2.45, 2.75) is 32.7 Å². The summed E-state index contributed by atoms with van der Waals surface area (Å²) in [4.78, 5) is 12.5. The highest BCUT2D eigenvalue weighted by Gasteiger charge is 2.28. The first-order valence-electron chi connectivity index (χ1n) is 8.67. The summed E-state index contributed by atoms with van der Waals surface area (Å²) in [6.07, 6.45) is 2.78. The molecule has 0 saturated heterocycles. The summed E-state index contributed by atoms with van der Waals surface area (Å²) in [5.41, 5.74) is 2.93. The Kier molecular flexibility index (Phi) is 6.80. The van der Waals surface area contributed by atoms with Crippen molar-refractivity contribution in [3.63, 3.8) is 0 Å². The van der Waals surface area contributed by atoms with Crippen LogP contribution in [0.3, 0.4) is 0 Å². The molecule has 5 nitrogen and oxygen atoms in total. The highest BCUT2D eigenvalue weighted by Crippen LogP contribution is 2.20. The van der Waals surface area contributed by atoms with Gasteiger partial charge in [-0.05, 0) is 44.4 Å². The fraction of sp³-hybridized carbons (Fsp3) is 0.350. The van der Waals surface area contributed by atoms with Crippen molar-refractivity contribution in [2.75, 3.05) is 17.1 Å². The number of amides is 1. The number of para-hydroxylation sites is 1. The van der Waals surface area contributed by atoms with Gasteiger partial charge in [0.15, 0.2) is 0 Å². The smallest absolute Gasteiger partial charge is 0.243 e. The van der Waals surface area contributed by atoms with Gasteiger partial charge in [0, 0.05) is 6.54 Å². The Morgan fingerprint density at radius 2 is 1.81 bits per heavy atom. The number of carbonyl (C=O) groups excluding carboxylic acids is 1. The van der Waals surface area contributed by atoms with Gasteiger partial charge in [-0.25, -0.2) is 8.42 Å². The van der Waals surface area contributed by atoms with Crippen LogP contribution in [-0.4, -0.2) is 33.2 Å². The molecular weight excluding hydrogens is 348 g/mol. The second-order valence-electron chi connectivity index (χ2n) is 6.45. The van der Waals surface area contributed by atoms with Crippen LogP contribution in [0, 0.1) is 6.92 Å². The number of anilines is 1. The number of rotatable bonds is 8. The molecular formula is C20H26N2O3S. The summed E-state index contributed by atoms with van der Waals surface area (Å²) >= 11 is 0. The summed E-state index contributed by atoms with van der Waals surface area (Å²) in [5.74, 6) is -0.302. The summed E-state index contributed by atoms with van der Waals surface area (Å²) in [7, 11) is -3.57. The van der Waals surface area contributed by atoms with E-state index in [1.165, 1.54) is 11.1 Å². The first kappa shape index (κ1) is 20.0. The predicted molar refractivity (Wildman–Crippen MR) is 106 cm³/mol. The van der Waals surface area contributed by atoms with Crippen LogP contribution >= 0.6 is 0 Å². The highest BCUT2D eigenvalue weighted by molar-refractivity contribution is 7.92. The molecule has 0 heterocycles. The van der Waals surface area contributed by atoms with E-state index < -0.39 is 16.1 Å². The minimum Gasteiger partial charge on any atom is -0.354 e. The van der Waals surface area contributed by atoms with E-state index in [0.29, 0.717) is 12.2 Å². The maximum absolute atomic E-state index is 12.5. The van der Waals surface area contributed by atoms with Gasteiger partial charge in [0.1, 0.15) is 6.04 Å². The number of carbonyl (C=O) groups is 1. The monoisotopic (exact) mass is 374 g/mol. The summed E-state index contributed by atoms with van der Waals surface area (Å²) < 4.78 is 25.5. The number of sulfonamides is 1. The number of hydrogen-bond donors (Lipinski definition) is 1. The molecule has 0 saturated carbocycles. The van der Waals surface area contributed by atoms with Crippen LogP contribution in [0.2, 0.25) is 0 Å². The number of aryl methyl sites for hydroxylation is 2. The molecule has 0 spiro atoms. The average molecular weight is 375 g/mol. The van der Waals surface area contributed by atoms with Crippen LogP contribution in [-0.2, 0) is 21.2 Å². The molecule has 6 heteroatoms. The third kappa shape index (κ3) is 5.59. The molecule has 0 aliphatic heterocycles. The van der Waals surface area contributed by atoms with Crippen molar-refractivity contribution < 1.29 is 13.2 Å². The van der Waals surface area contributed by atoms with E-state index in [0.717, 1.165) is 23.4 Å². The Morgan fingerprint density at radius 3 is 2.42 bits per heavy atom. The Morgan fingerprint density at radius 1 is 1.12 bits per heavy atom. The quantitative estimate of drug-likeness (QED) is 0.723. The molecule has 140 valence electrons. The van der Waals surface area contributed by atoms with Crippen LogP contribution in [0.4, 0.5) is 5.69 Å². The zero-order valence-corrected chi connectivity index (χ0v) is 16.3. The van der Waals surface area contributed by atoms with Gasteiger partial charge in [-0.2, -0.15) is 0 Å². The number of benzene rings is 2. The SMILES string of the molecule is Cc1cccc(CCCNC(=O)[C@@H](C)N(c2ccccc2)S(C)(=O)=O)c1. The number of hydrogen-bond acceptors (Lipinski definition) is 3. The molecule has 26 heavy (non-hydrogen) atoms. The average Bonchev–Trinajstić information content (AvgIpc) is 2.58. The van der Waals surface area contributed by atoms with Crippen LogP contribution in [0.5, 0.6) is 0 Å². The zero-order chi connectivity index (χ0) is 19.2. The molecule has 0 unspecified atom stereocenters. The largest absolute Gasteiger partial charge is 0.354 e. The normalized spacial score (nSPS) is 12.4. The van der Waals surface area contributed by atoms with Gasteiger partial charge in [-0.1, -0.05) is 48.0 Å². The zero-order valence-electron chi connectivity index (χ0n) is 15.5. The molecule has 0 fully saturated rings. The number of nitrogens with zero attached hydrogens (tertiary/aromatic N) is 1. The van der Waals surface area contributed by atoms with Gasteiger partial charge in [0.25, 0.3) is 0 Å². The topological polar surface area (TPSA) is 66.5 Å². The van der Waals surface area contributed by atoms with E-state index in [2.05, 4.69) is 30.4 Å². The lowest BCUT2D eigenvalue weighted by Gasteiger charge is -2.28. The minimum absolute atomic E-state index is 0.302. The maximum atomic E-state index is 12.5. The van der Waals surface area contributed by atoms with Crippen molar-refractivity contribution in [1.82, 2.24) is 5.32 Å². The third-order valence-corrected chi connectivity index (χ3v) is 5.36. The lowest BCUT2D eigenvalue weighted by atomic mass is 10.1. The molecule has 0 bridgehead atoms. The molecule has 1 amide bonds. The maximum Gasteiger partial charge on any atom is 0.243 e. The van der Waals surface area contributed by atoms with Crippen molar-refractivity contribution in [3.8, 4) is 0 Å². The molecule has 0 radical (unpaired) electrons. The summed E-state index contributed by atoms with van der Waals surface area (Å²) in [5, 5.41) is 2.84. The van der Waals surface area contributed by atoms with E-state index in [1.54, 1.807) is 37.3 Å². The van der Waals surface area contributed by atoms with Crippen molar-refractivity contribution in [3.05, 3.63) is 65.7 Å². The Bertz CT molecular complexity index is 835. The van der Waals surface area contributed by atoms with Crippen LogP contribution in [0.25, 0.3) is 0 Å². The highest BCUT2D eigenvalue weighted by atomic mass is 32.2. The van der Waals surface area contributed by atoms with Crippen LogP contribution in [0.1, 0.15) is 24.5 Å². The second-order valence-corrected chi connectivity index (χ2v) is 8.31. The van der Waals surface area contributed by atoms with Gasteiger partial charge in [-0.15, -0.1) is 0 Å². The molecule has 2 aromatic carbocycles. The van der Waals surface area contributed by atoms with Gasteiger partial charge in [0.05, 0.1) is 11.9 Å². The van der Waals surface area contributed by atoms with Crippen LogP contribution < -0.4 is 9.62 Å². The summed E-state index contributed by atoms with van der Waals surface area (Å²) in [6.45, 7) is 4.16. The van der Waals surface area contributed by atoms with Crippen molar-refractivity contribution in [1.29, 1.82) is 0 Å². The van der Waals surface area contributed by atoms with E-state index in [9.17, 15) is 13.2 Å². The Labute approximate surface area is 156 Å². The van der Waals surface area contributed by atoms with Crippen LogP contribution in [0.15, 0.2) is 54.6 Å². The van der Waals surface area contributed by atoms with E-state index in [-0.39, 0.29) is 5.91 Å². The van der Waals surface area contributed by atoms with Crippen molar-refractivity contribution >= 4 is 21.6 Å². The molecule has 2 aromatic rings. The van der Waals surface area contributed by atoms with E-state index in [4.69, 9.17) is 0 Å². The molecule has 0 aliphatic rings. The standard InChI is InChI=1S/C20H26N2O3S/c1-16-9-7-10-18(15-16)11-8-14-21-20(23)17(2)22(26(3,24)25)19-12-5-4-6-13-19/h4-7,9-10,12-13,15,17H,8,11,14H2,1-3H3,(H,21,23)/t17-/m1/s1. The van der Waals surface area contributed by atoms with Crippen molar-refractivity contribution in [2.24, 2.45) is 0 Å². The Balaban J connectivity index is 1.94. The lowest BCUT2D eigenvalue weighted by Crippen LogP contribution is -2.48. The summed E-state index contributed by atoms with van der Waals surface area (Å²) in [6, 6.07) is 16.1. The van der Waals surface area contributed by atoms with Gasteiger partial charge >= 0.3 is 0 Å². The Hall–Kier alpha value is -2.34. The van der Waals surface area contributed by atoms with E-state index >= 15 is 0 Å². The molecule has 2 rings (SSSR count). The lowest BCUT2D eigenvalue weighted by molar-refractivity contribution is -0.121. The van der Waals surface area contributed by atoms with Gasteiger partial charge in [0.2, 0.25) is 15.9 Å². The molecule has 0 aliphatic carbocycles. The predicted octanol–water partition coefficient (Wildman–Crippen LogP) is 2.90. The van der Waals surface area contributed by atoms with Gasteiger partial charge < -0.3 is 5.32 Å². The first-order chi connectivity index (χ1) is 12.3.